The molecule has 1 aliphatic heterocycles. The van der Waals surface area contributed by atoms with E-state index in [0.717, 1.165) is 11.1 Å². The Balaban J connectivity index is 2.03. The zero-order chi connectivity index (χ0) is 13.1. The molecule has 2 atom stereocenters. The molecule has 0 aliphatic carbocycles. The van der Waals surface area contributed by atoms with Crippen LogP contribution in [-0.4, -0.2) is 5.71 Å². The third-order valence-corrected chi connectivity index (χ3v) is 3.42. The molecule has 2 unspecified atom stereocenters. The molecule has 3 rings (SSSR count). The molecule has 0 N–H and O–H groups in total. The van der Waals surface area contributed by atoms with Crippen molar-refractivity contribution in [3.05, 3.63) is 71.8 Å². The number of nitrogens with zero attached hydrogens (tertiary/aromatic N) is 1. The quantitative estimate of drug-likeness (QED) is 0.780. The Bertz CT molecular complexity index is 613. The van der Waals surface area contributed by atoms with Gasteiger partial charge in [-0.15, -0.1) is 4.62 Å². The fraction of sp³-hybridized carbons (Fsp3) is 0.0714. The minimum absolute atomic E-state index is 0.471. The van der Waals surface area contributed by atoms with Gasteiger partial charge in [0.05, 0.1) is 0 Å². The topological polar surface area (TPSA) is 47.9 Å². The Hall–Kier alpha value is -2.03. The minimum atomic E-state index is -2.21. The van der Waals surface area contributed by atoms with Crippen LogP contribution in [0.3, 0.4) is 0 Å². The van der Waals surface area contributed by atoms with Gasteiger partial charge in [-0.1, -0.05) is 65.2 Å². The molecule has 0 aromatic heterocycles. The molecule has 0 amide bonds. The van der Waals surface area contributed by atoms with Gasteiger partial charge in [0.25, 0.3) is 0 Å². The first-order valence-electron chi connectivity index (χ1n) is 5.84. The minimum Gasteiger partial charge on any atom is -0.106 e. The van der Waals surface area contributed by atoms with E-state index in [1.54, 1.807) is 0 Å². The van der Waals surface area contributed by atoms with Gasteiger partial charge < -0.3 is 0 Å². The van der Waals surface area contributed by atoms with E-state index >= 15 is 0 Å². The van der Waals surface area contributed by atoms with E-state index in [1.165, 1.54) is 0 Å². The van der Waals surface area contributed by atoms with Crippen LogP contribution < -0.4 is 0 Å². The lowest BCUT2D eigenvalue weighted by Gasteiger charge is -2.15. The zero-order valence-corrected chi connectivity index (χ0v) is 10.9. The number of oxime groups is 1. The van der Waals surface area contributed by atoms with Crippen molar-refractivity contribution < 1.29 is 13.7 Å². The lowest BCUT2D eigenvalue weighted by atomic mass is 9.99. The van der Waals surface area contributed by atoms with Crippen LogP contribution in [0.4, 0.5) is 0 Å². The van der Waals surface area contributed by atoms with Gasteiger partial charge in [0.1, 0.15) is 5.71 Å². The molecule has 5 heteroatoms. The van der Waals surface area contributed by atoms with Crippen LogP contribution in [0.2, 0.25) is 0 Å². The summed E-state index contributed by atoms with van der Waals surface area (Å²) in [5, 5.41) is 3.95. The predicted octanol–water partition coefficient (Wildman–Crippen LogP) is 3.84. The lowest BCUT2D eigenvalue weighted by molar-refractivity contribution is 0.183. The average molecular weight is 272 g/mol. The summed E-state index contributed by atoms with van der Waals surface area (Å²) in [5.41, 5.74) is 2.41. The maximum Gasteiger partial charge on any atom is 0.773 e. The molecule has 0 radical (unpaired) electrons. The van der Waals surface area contributed by atoms with Gasteiger partial charge in [0.2, 0.25) is 0 Å². The monoisotopic (exact) mass is 272 g/mol. The number of benzene rings is 2. The predicted molar refractivity (Wildman–Crippen MR) is 71.9 cm³/mol. The van der Waals surface area contributed by atoms with Crippen LogP contribution in [-0.2, 0) is 13.7 Å². The zero-order valence-electron chi connectivity index (χ0n) is 9.97. The van der Waals surface area contributed by atoms with Crippen molar-refractivity contribution in [2.45, 2.75) is 6.10 Å². The molecule has 0 spiro atoms. The summed E-state index contributed by atoms with van der Waals surface area (Å²) in [6, 6.07) is 19.1. The fourth-order valence-corrected chi connectivity index (χ4v) is 2.53. The van der Waals surface area contributed by atoms with Gasteiger partial charge in [-0.05, 0) is 10.7 Å². The van der Waals surface area contributed by atoms with E-state index in [0.29, 0.717) is 5.71 Å². The Labute approximate surface area is 111 Å². The molecule has 1 aliphatic rings. The summed E-state index contributed by atoms with van der Waals surface area (Å²) in [6.07, 6.45) is -0.471. The molecule has 2 aromatic carbocycles. The highest BCUT2D eigenvalue weighted by Gasteiger charge is 2.39. The van der Waals surface area contributed by atoms with Crippen molar-refractivity contribution in [1.29, 1.82) is 0 Å². The molecular weight excluding hydrogens is 261 g/mol. The van der Waals surface area contributed by atoms with E-state index in [4.69, 9.17) is 9.15 Å². The molecule has 0 saturated carbocycles. The van der Waals surface area contributed by atoms with Crippen LogP contribution in [0.25, 0.3) is 0 Å². The average Bonchev–Trinajstić information content (AvgIpc) is 2.49. The molecule has 19 heavy (non-hydrogen) atoms. The molecular formula is C14H11NO3P+. The number of rotatable bonds is 2. The molecule has 0 fully saturated rings. The van der Waals surface area contributed by atoms with Gasteiger partial charge in [-0.3, -0.25) is 0 Å². The normalized spacial score (nSPS) is 20.5. The first kappa shape index (κ1) is 12.0. The maximum absolute atomic E-state index is 11.4. The van der Waals surface area contributed by atoms with Crippen LogP contribution in [0.15, 0.2) is 65.8 Å². The molecule has 0 bridgehead atoms. The van der Waals surface area contributed by atoms with Crippen molar-refractivity contribution in [3.8, 4) is 0 Å². The highest BCUT2D eigenvalue weighted by Crippen LogP contribution is 2.39. The standard InChI is InChI=1S/C14H11NO3P/c16-19-17-14(12-9-5-2-6-10-12)13(15-18-19)11-7-3-1-4-8-11/h1-10,14H/q+1. The number of hydrogen-bond donors (Lipinski definition) is 0. The van der Waals surface area contributed by atoms with Crippen molar-refractivity contribution in [2.75, 3.05) is 0 Å². The van der Waals surface area contributed by atoms with Gasteiger partial charge in [-0.25, -0.2) is 0 Å². The molecule has 4 nitrogen and oxygen atoms in total. The summed E-state index contributed by atoms with van der Waals surface area (Å²) >= 11 is 0. The van der Waals surface area contributed by atoms with Crippen molar-refractivity contribution in [3.63, 3.8) is 0 Å². The van der Waals surface area contributed by atoms with Gasteiger partial charge in [0.15, 0.2) is 6.10 Å². The van der Waals surface area contributed by atoms with Gasteiger partial charge in [-0.2, -0.15) is 0 Å². The van der Waals surface area contributed by atoms with Crippen molar-refractivity contribution >= 4 is 14.0 Å². The Kier molecular flexibility index (Phi) is 3.36. The summed E-state index contributed by atoms with van der Waals surface area (Å²) in [5.74, 6) is 0. The van der Waals surface area contributed by atoms with Crippen molar-refractivity contribution in [1.82, 2.24) is 0 Å². The Morgan fingerprint density at radius 3 is 2.26 bits per heavy atom. The maximum atomic E-state index is 11.4. The summed E-state index contributed by atoms with van der Waals surface area (Å²) < 4.78 is 21.6. The van der Waals surface area contributed by atoms with Gasteiger partial charge in [0, 0.05) is 10.1 Å². The molecule has 1 heterocycles. The smallest absolute Gasteiger partial charge is 0.106 e. The lowest BCUT2D eigenvalue weighted by Crippen LogP contribution is -2.18. The summed E-state index contributed by atoms with van der Waals surface area (Å²) in [4.78, 5) is 0. The number of hydrogen-bond acceptors (Lipinski definition) is 4. The van der Waals surface area contributed by atoms with Crippen LogP contribution in [0.1, 0.15) is 17.2 Å². The Morgan fingerprint density at radius 1 is 0.947 bits per heavy atom. The fourth-order valence-electron chi connectivity index (χ4n) is 1.94. The third-order valence-electron chi connectivity index (χ3n) is 2.82. The molecule has 2 aromatic rings. The second kappa shape index (κ2) is 5.31. The summed E-state index contributed by atoms with van der Waals surface area (Å²) in [7, 11) is -2.21. The Morgan fingerprint density at radius 2 is 1.58 bits per heavy atom. The third kappa shape index (κ3) is 2.55. The van der Waals surface area contributed by atoms with Crippen LogP contribution in [0, 0.1) is 0 Å². The van der Waals surface area contributed by atoms with E-state index in [1.807, 2.05) is 60.7 Å². The second-order valence-electron chi connectivity index (χ2n) is 4.04. The van der Waals surface area contributed by atoms with E-state index in [9.17, 15) is 4.57 Å². The van der Waals surface area contributed by atoms with Crippen LogP contribution in [0.5, 0.6) is 0 Å². The van der Waals surface area contributed by atoms with E-state index < -0.39 is 14.4 Å². The highest BCUT2D eigenvalue weighted by molar-refractivity contribution is 7.33. The first-order chi connectivity index (χ1) is 9.34. The summed E-state index contributed by atoms with van der Waals surface area (Å²) in [6.45, 7) is 0. The second-order valence-corrected chi connectivity index (χ2v) is 4.87. The van der Waals surface area contributed by atoms with Gasteiger partial charge >= 0.3 is 8.25 Å². The van der Waals surface area contributed by atoms with Crippen LogP contribution >= 0.6 is 8.25 Å². The van der Waals surface area contributed by atoms with Crippen molar-refractivity contribution in [2.24, 2.45) is 5.16 Å². The van der Waals surface area contributed by atoms with E-state index in [2.05, 4.69) is 5.16 Å². The molecule has 94 valence electrons. The largest absolute Gasteiger partial charge is 0.773 e. The molecule has 0 saturated heterocycles. The SMILES string of the molecule is O=[P+]1ON=C(c2ccccc2)C(c2ccccc2)O1. The highest BCUT2D eigenvalue weighted by atomic mass is 31.1. The van der Waals surface area contributed by atoms with E-state index in [-0.39, 0.29) is 0 Å². The first-order valence-corrected chi connectivity index (χ1v) is 6.93.